The van der Waals surface area contributed by atoms with E-state index >= 15 is 0 Å². The Balaban J connectivity index is 0.000000292. The monoisotopic (exact) mass is 172 g/mol. The first kappa shape index (κ1) is 10.7. The SMILES string of the molecule is CC(C)c1ccsc1.COC. The number of thiophene rings is 1. The molecular formula is C9H16OS. The van der Waals surface area contributed by atoms with Crippen LogP contribution in [0.2, 0.25) is 0 Å². The smallest absolute Gasteiger partial charge is 0.0351 e. The largest absolute Gasteiger partial charge is 0.388 e. The lowest BCUT2D eigenvalue weighted by Crippen LogP contribution is -1.79. The molecule has 0 saturated carbocycles. The molecular weight excluding hydrogens is 156 g/mol. The second-order valence-electron chi connectivity index (χ2n) is 2.62. The van der Waals surface area contributed by atoms with Crippen LogP contribution < -0.4 is 0 Å². The Labute approximate surface area is 73.0 Å². The molecule has 1 aromatic rings. The van der Waals surface area contributed by atoms with Gasteiger partial charge in [0.2, 0.25) is 0 Å². The van der Waals surface area contributed by atoms with Crippen molar-refractivity contribution >= 4 is 11.3 Å². The number of ether oxygens (including phenoxy) is 1. The minimum absolute atomic E-state index is 0.696. The second-order valence-corrected chi connectivity index (χ2v) is 3.40. The van der Waals surface area contributed by atoms with Gasteiger partial charge >= 0.3 is 0 Å². The van der Waals surface area contributed by atoms with E-state index in [1.54, 1.807) is 25.6 Å². The normalized spacial score (nSPS) is 9.18. The third-order valence-corrected chi connectivity index (χ3v) is 1.91. The van der Waals surface area contributed by atoms with Gasteiger partial charge in [-0.1, -0.05) is 13.8 Å². The molecule has 0 bridgehead atoms. The summed E-state index contributed by atoms with van der Waals surface area (Å²) < 4.78 is 4.25. The average Bonchev–Trinajstić information content (AvgIpc) is 2.38. The average molecular weight is 172 g/mol. The van der Waals surface area contributed by atoms with Crippen molar-refractivity contribution < 1.29 is 4.74 Å². The van der Waals surface area contributed by atoms with Crippen LogP contribution >= 0.6 is 11.3 Å². The zero-order valence-corrected chi connectivity index (χ0v) is 8.44. The molecule has 1 heterocycles. The molecule has 0 N–H and O–H groups in total. The van der Waals surface area contributed by atoms with E-state index in [2.05, 4.69) is 35.4 Å². The summed E-state index contributed by atoms with van der Waals surface area (Å²) in [5.74, 6) is 0.696. The molecule has 11 heavy (non-hydrogen) atoms. The van der Waals surface area contributed by atoms with Crippen molar-refractivity contribution in [3.8, 4) is 0 Å². The standard InChI is InChI=1S/C7H10S.C2H6O/c1-6(2)7-3-4-8-5-7;1-3-2/h3-6H,1-2H3;1-2H3. The van der Waals surface area contributed by atoms with Gasteiger partial charge in [0, 0.05) is 14.2 Å². The molecule has 64 valence electrons. The zero-order chi connectivity index (χ0) is 8.69. The van der Waals surface area contributed by atoms with Gasteiger partial charge in [-0.15, -0.1) is 0 Å². The summed E-state index contributed by atoms with van der Waals surface area (Å²) in [6, 6.07) is 2.18. The van der Waals surface area contributed by atoms with Crippen LogP contribution in [-0.2, 0) is 4.74 Å². The van der Waals surface area contributed by atoms with Crippen molar-refractivity contribution in [3.05, 3.63) is 22.4 Å². The molecule has 1 rings (SSSR count). The highest BCUT2D eigenvalue weighted by Crippen LogP contribution is 2.16. The van der Waals surface area contributed by atoms with Gasteiger partial charge in [-0.2, -0.15) is 11.3 Å². The van der Waals surface area contributed by atoms with Crippen LogP contribution in [-0.4, -0.2) is 14.2 Å². The van der Waals surface area contributed by atoms with Gasteiger partial charge < -0.3 is 4.74 Å². The van der Waals surface area contributed by atoms with Crippen molar-refractivity contribution in [2.24, 2.45) is 0 Å². The van der Waals surface area contributed by atoms with E-state index in [9.17, 15) is 0 Å². The summed E-state index contributed by atoms with van der Waals surface area (Å²) in [5.41, 5.74) is 1.45. The molecule has 0 fully saturated rings. The highest BCUT2D eigenvalue weighted by atomic mass is 32.1. The minimum Gasteiger partial charge on any atom is -0.388 e. The molecule has 2 heteroatoms. The van der Waals surface area contributed by atoms with Crippen molar-refractivity contribution in [1.29, 1.82) is 0 Å². The van der Waals surface area contributed by atoms with Gasteiger partial charge in [-0.05, 0) is 28.3 Å². The van der Waals surface area contributed by atoms with E-state index in [0.29, 0.717) is 5.92 Å². The fraction of sp³-hybridized carbons (Fsp3) is 0.556. The molecule has 0 spiro atoms. The van der Waals surface area contributed by atoms with E-state index in [1.165, 1.54) is 5.56 Å². The zero-order valence-electron chi connectivity index (χ0n) is 7.63. The summed E-state index contributed by atoms with van der Waals surface area (Å²) >= 11 is 1.77. The topological polar surface area (TPSA) is 9.23 Å². The second kappa shape index (κ2) is 6.38. The number of hydrogen-bond donors (Lipinski definition) is 0. The van der Waals surface area contributed by atoms with Crippen molar-refractivity contribution in [3.63, 3.8) is 0 Å². The summed E-state index contributed by atoms with van der Waals surface area (Å²) in [4.78, 5) is 0. The lowest BCUT2D eigenvalue weighted by molar-refractivity contribution is 0.277. The lowest BCUT2D eigenvalue weighted by atomic mass is 10.1. The molecule has 0 aliphatic rings. The third-order valence-electron chi connectivity index (χ3n) is 1.21. The first-order valence-electron chi connectivity index (χ1n) is 3.64. The van der Waals surface area contributed by atoms with E-state index in [1.807, 2.05) is 0 Å². The van der Waals surface area contributed by atoms with Crippen LogP contribution in [0.3, 0.4) is 0 Å². The van der Waals surface area contributed by atoms with Gasteiger partial charge in [0.15, 0.2) is 0 Å². The predicted molar refractivity (Wildman–Crippen MR) is 51.3 cm³/mol. The molecule has 1 aromatic heterocycles. The van der Waals surface area contributed by atoms with Crippen LogP contribution in [0, 0.1) is 0 Å². The highest BCUT2D eigenvalue weighted by Gasteiger charge is 1.95. The molecule has 0 amide bonds. The van der Waals surface area contributed by atoms with Crippen molar-refractivity contribution in [2.45, 2.75) is 19.8 Å². The molecule has 0 aliphatic carbocycles. The third kappa shape index (κ3) is 4.99. The Bertz CT molecular complexity index is 156. The maximum Gasteiger partial charge on any atom is 0.0351 e. The van der Waals surface area contributed by atoms with Gasteiger partial charge in [0.1, 0.15) is 0 Å². The first-order chi connectivity index (χ1) is 5.22. The maximum absolute atomic E-state index is 4.25. The molecule has 0 aliphatic heterocycles. The Morgan fingerprint density at radius 2 is 1.91 bits per heavy atom. The Morgan fingerprint density at radius 1 is 1.36 bits per heavy atom. The number of rotatable bonds is 1. The van der Waals surface area contributed by atoms with Gasteiger partial charge in [0.25, 0.3) is 0 Å². The first-order valence-corrected chi connectivity index (χ1v) is 4.58. The summed E-state index contributed by atoms with van der Waals surface area (Å²) in [7, 11) is 3.25. The van der Waals surface area contributed by atoms with E-state index in [4.69, 9.17) is 0 Å². The number of hydrogen-bond acceptors (Lipinski definition) is 2. The maximum atomic E-state index is 4.25. The highest BCUT2D eigenvalue weighted by molar-refractivity contribution is 7.07. The van der Waals surface area contributed by atoms with Crippen LogP contribution in [0.5, 0.6) is 0 Å². The quantitative estimate of drug-likeness (QED) is 0.632. The summed E-state index contributed by atoms with van der Waals surface area (Å²) in [5, 5.41) is 4.32. The molecule has 0 unspecified atom stereocenters. The van der Waals surface area contributed by atoms with Crippen LogP contribution in [0.15, 0.2) is 16.8 Å². The molecule has 0 atom stereocenters. The molecule has 1 nitrogen and oxygen atoms in total. The van der Waals surface area contributed by atoms with Gasteiger partial charge in [-0.3, -0.25) is 0 Å². The van der Waals surface area contributed by atoms with Gasteiger partial charge in [0.05, 0.1) is 0 Å². The molecule has 0 saturated heterocycles. The van der Waals surface area contributed by atoms with Crippen molar-refractivity contribution in [1.82, 2.24) is 0 Å². The van der Waals surface area contributed by atoms with E-state index in [-0.39, 0.29) is 0 Å². The van der Waals surface area contributed by atoms with E-state index < -0.39 is 0 Å². The number of methoxy groups -OCH3 is 1. The Morgan fingerprint density at radius 3 is 2.09 bits per heavy atom. The van der Waals surface area contributed by atoms with Gasteiger partial charge in [-0.25, -0.2) is 0 Å². The summed E-state index contributed by atoms with van der Waals surface area (Å²) in [6.45, 7) is 4.42. The molecule has 0 aromatic carbocycles. The predicted octanol–water partition coefficient (Wildman–Crippen LogP) is 3.13. The Hall–Kier alpha value is -0.340. The molecule has 0 radical (unpaired) electrons. The van der Waals surface area contributed by atoms with Crippen LogP contribution in [0.4, 0.5) is 0 Å². The minimum atomic E-state index is 0.696. The van der Waals surface area contributed by atoms with Crippen LogP contribution in [0.25, 0.3) is 0 Å². The fourth-order valence-corrected chi connectivity index (χ4v) is 1.43. The lowest BCUT2D eigenvalue weighted by Gasteiger charge is -1.96. The van der Waals surface area contributed by atoms with E-state index in [0.717, 1.165) is 0 Å². The fourth-order valence-electron chi connectivity index (χ4n) is 0.604. The summed E-state index contributed by atoms with van der Waals surface area (Å²) in [6.07, 6.45) is 0. The van der Waals surface area contributed by atoms with Crippen LogP contribution in [0.1, 0.15) is 25.3 Å². The Kier molecular flexibility index (Phi) is 6.18. The van der Waals surface area contributed by atoms with Crippen molar-refractivity contribution in [2.75, 3.05) is 14.2 Å².